The van der Waals surface area contributed by atoms with E-state index in [9.17, 15) is 9.90 Å². The molecule has 0 saturated carbocycles. The van der Waals surface area contributed by atoms with Crippen molar-refractivity contribution < 1.29 is 14.6 Å². The highest BCUT2D eigenvalue weighted by atomic mass is 16.5. The topological polar surface area (TPSA) is 70.6 Å². The fourth-order valence-corrected chi connectivity index (χ4v) is 2.54. The Morgan fingerprint density at radius 3 is 2.68 bits per heavy atom. The molecule has 1 heterocycles. The maximum Gasteiger partial charge on any atom is 0.225 e. The van der Waals surface area contributed by atoms with E-state index in [1.165, 1.54) is 5.56 Å². The molecule has 2 rings (SSSR count). The van der Waals surface area contributed by atoms with Crippen molar-refractivity contribution in [1.82, 2.24) is 5.32 Å². The van der Waals surface area contributed by atoms with Gasteiger partial charge in [0.1, 0.15) is 0 Å². The van der Waals surface area contributed by atoms with Crippen molar-refractivity contribution in [2.75, 3.05) is 31.7 Å². The average molecular weight is 306 g/mol. The van der Waals surface area contributed by atoms with E-state index in [1.807, 2.05) is 32.9 Å². The number of aliphatic hydroxyl groups is 1. The molecule has 1 aliphatic rings. The third-order valence-electron chi connectivity index (χ3n) is 4.13. The van der Waals surface area contributed by atoms with Crippen LogP contribution in [0.5, 0.6) is 0 Å². The van der Waals surface area contributed by atoms with E-state index in [4.69, 9.17) is 4.74 Å². The van der Waals surface area contributed by atoms with Crippen LogP contribution < -0.4 is 10.6 Å². The van der Waals surface area contributed by atoms with Crippen LogP contribution in [0.2, 0.25) is 0 Å². The van der Waals surface area contributed by atoms with E-state index in [-0.39, 0.29) is 24.0 Å². The molecule has 1 unspecified atom stereocenters. The molecule has 0 radical (unpaired) electrons. The summed E-state index contributed by atoms with van der Waals surface area (Å²) in [5.74, 6) is -0.00476. The van der Waals surface area contributed by atoms with Crippen molar-refractivity contribution in [1.29, 1.82) is 0 Å². The second kappa shape index (κ2) is 7.22. The molecule has 1 atom stereocenters. The Bertz CT molecular complexity index is 521. The monoisotopic (exact) mass is 306 g/mol. The maximum absolute atomic E-state index is 12.1. The van der Waals surface area contributed by atoms with Crippen LogP contribution in [0.3, 0.4) is 0 Å². The minimum atomic E-state index is -0.168. The largest absolute Gasteiger partial charge is 0.396 e. The highest BCUT2D eigenvalue weighted by Crippen LogP contribution is 2.25. The van der Waals surface area contributed by atoms with Crippen LogP contribution in [0, 0.1) is 19.3 Å². The fourth-order valence-electron chi connectivity index (χ4n) is 2.54. The molecule has 0 spiro atoms. The van der Waals surface area contributed by atoms with Gasteiger partial charge in [0.2, 0.25) is 5.91 Å². The molecule has 1 fully saturated rings. The van der Waals surface area contributed by atoms with Gasteiger partial charge in [-0.15, -0.1) is 0 Å². The number of aryl methyl sites for hydroxylation is 2. The van der Waals surface area contributed by atoms with Gasteiger partial charge in [-0.3, -0.25) is 4.79 Å². The lowest BCUT2D eigenvalue weighted by Gasteiger charge is -2.40. The zero-order valence-electron chi connectivity index (χ0n) is 13.6. The molecule has 1 saturated heterocycles. The summed E-state index contributed by atoms with van der Waals surface area (Å²) in [6, 6.07) is 6.03. The van der Waals surface area contributed by atoms with E-state index in [1.54, 1.807) is 0 Å². The smallest absolute Gasteiger partial charge is 0.225 e. The lowest BCUT2D eigenvalue weighted by Crippen LogP contribution is -2.53. The van der Waals surface area contributed by atoms with Crippen LogP contribution in [0.25, 0.3) is 0 Å². The lowest BCUT2D eigenvalue weighted by molar-refractivity contribution is -0.135. The summed E-state index contributed by atoms with van der Waals surface area (Å²) in [6.45, 7) is 7.95. The molecule has 0 bridgehead atoms. The molecule has 5 nitrogen and oxygen atoms in total. The SMILES string of the molecule is Cc1ccc(NC(=O)CC(C)NCC2(CO)COC2)c(C)c1. The molecule has 3 N–H and O–H groups in total. The number of anilines is 1. The minimum Gasteiger partial charge on any atom is -0.396 e. The molecular weight excluding hydrogens is 280 g/mol. The second-order valence-corrected chi connectivity index (χ2v) is 6.50. The summed E-state index contributed by atoms with van der Waals surface area (Å²) in [7, 11) is 0. The van der Waals surface area contributed by atoms with Crippen LogP contribution >= 0.6 is 0 Å². The van der Waals surface area contributed by atoms with Crippen molar-refractivity contribution in [3.05, 3.63) is 29.3 Å². The summed E-state index contributed by atoms with van der Waals surface area (Å²) < 4.78 is 5.17. The summed E-state index contributed by atoms with van der Waals surface area (Å²) in [5.41, 5.74) is 2.95. The van der Waals surface area contributed by atoms with Gasteiger partial charge in [-0.25, -0.2) is 0 Å². The van der Waals surface area contributed by atoms with Crippen LogP contribution in [0.1, 0.15) is 24.5 Å². The van der Waals surface area contributed by atoms with Gasteiger partial charge in [-0.2, -0.15) is 0 Å². The van der Waals surface area contributed by atoms with Gasteiger partial charge in [0.15, 0.2) is 0 Å². The van der Waals surface area contributed by atoms with E-state index >= 15 is 0 Å². The van der Waals surface area contributed by atoms with Gasteiger partial charge in [-0.05, 0) is 32.4 Å². The van der Waals surface area contributed by atoms with Gasteiger partial charge in [0, 0.05) is 24.7 Å². The molecule has 22 heavy (non-hydrogen) atoms. The number of rotatable bonds is 7. The molecular formula is C17H26N2O3. The van der Waals surface area contributed by atoms with Crippen molar-refractivity contribution in [2.24, 2.45) is 5.41 Å². The molecule has 1 aromatic carbocycles. The zero-order valence-corrected chi connectivity index (χ0v) is 13.6. The van der Waals surface area contributed by atoms with Crippen molar-refractivity contribution in [3.8, 4) is 0 Å². The molecule has 0 aliphatic carbocycles. The van der Waals surface area contributed by atoms with Gasteiger partial charge in [0.05, 0.1) is 25.2 Å². The number of amides is 1. The Hall–Kier alpha value is -1.43. The summed E-state index contributed by atoms with van der Waals surface area (Å²) >= 11 is 0. The van der Waals surface area contributed by atoms with Crippen molar-refractivity contribution >= 4 is 11.6 Å². The number of ether oxygens (including phenoxy) is 1. The Morgan fingerprint density at radius 2 is 2.14 bits per heavy atom. The summed E-state index contributed by atoms with van der Waals surface area (Å²) in [4.78, 5) is 12.1. The van der Waals surface area contributed by atoms with Crippen molar-refractivity contribution in [2.45, 2.75) is 33.2 Å². The van der Waals surface area contributed by atoms with Crippen LogP contribution in [0.15, 0.2) is 18.2 Å². The minimum absolute atomic E-state index is 0.00476. The first kappa shape index (κ1) is 16.9. The number of carbonyl (C=O) groups excluding carboxylic acids is 1. The number of benzene rings is 1. The van der Waals surface area contributed by atoms with Crippen molar-refractivity contribution in [3.63, 3.8) is 0 Å². The number of nitrogens with one attached hydrogen (secondary N) is 2. The standard InChI is InChI=1S/C17H26N2O3/c1-12-4-5-15(13(2)6-12)19-16(21)7-14(3)18-8-17(9-20)10-22-11-17/h4-6,14,18,20H,7-11H2,1-3H3,(H,19,21). The van der Waals surface area contributed by atoms with Gasteiger partial charge < -0.3 is 20.5 Å². The van der Waals surface area contributed by atoms with Crippen LogP contribution in [-0.2, 0) is 9.53 Å². The normalized spacial score (nSPS) is 17.6. The quantitative estimate of drug-likeness (QED) is 0.716. The first-order chi connectivity index (χ1) is 10.4. The van der Waals surface area contributed by atoms with E-state index in [2.05, 4.69) is 16.7 Å². The fraction of sp³-hybridized carbons (Fsp3) is 0.588. The Morgan fingerprint density at radius 1 is 1.41 bits per heavy atom. The van der Waals surface area contributed by atoms with Gasteiger partial charge in [0.25, 0.3) is 0 Å². The summed E-state index contributed by atoms with van der Waals surface area (Å²) in [5, 5.41) is 15.7. The average Bonchev–Trinajstić information content (AvgIpc) is 2.41. The number of hydrogen-bond acceptors (Lipinski definition) is 4. The van der Waals surface area contributed by atoms with Crippen LogP contribution in [-0.4, -0.2) is 43.4 Å². The third-order valence-corrected chi connectivity index (χ3v) is 4.13. The lowest BCUT2D eigenvalue weighted by atomic mass is 9.87. The molecule has 1 aromatic rings. The number of hydrogen-bond donors (Lipinski definition) is 3. The van der Waals surface area contributed by atoms with E-state index < -0.39 is 0 Å². The molecule has 5 heteroatoms. The number of carbonyl (C=O) groups is 1. The Kier molecular flexibility index (Phi) is 5.56. The predicted octanol–water partition coefficient (Wildman–Crippen LogP) is 1.62. The second-order valence-electron chi connectivity index (χ2n) is 6.50. The molecule has 0 aromatic heterocycles. The van der Waals surface area contributed by atoms with Gasteiger partial charge >= 0.3 is 0 Å². The zero-order chi connectivity index (χ0) is 16.2. The highest BCUT2D eigenvalue weighted by molar-refractivity contribution is 5.91. The first-order valence-corrected chi connectivity index (χ1v) is 7.73. The molecule has 1 amide bonds. The Labute approximate surface area is 132 Å². The summed E-state index contributed by atoms with van der Waals surface area (Å²) in [6.07, 6.45) is 0.398. The maximum atomic E-state index is 12.1. The predicted molar refractivity (Wildman–Crippen MR) is 87.0 cm³/mol. The third kappa shape index (κ3) is 4.29. The van der Waals surface area contributed by atoms with E-state index in [0.29, 0.717) is 26.2 Å². The molecule has 122 valence electrons. The molecule has 1 aliphatic heterocycles. The van der Waals surface area contributed by atoms with E-state index in [0.717, 1.165) is 11.3 Å². The highest BCUT2D eigenvalue weighted by Gasteiger charge is 2.37. The number of aliphatic hydroxyl groups excluding tert-OH is 1. The van der Waals surface area contributed by atoms with Gasteiger partial charge in [-0.1, -0.05) is 17.7 Å². The van der Waals surface area contributed by atoms with Crippen LogP contribution in [0.4, 0.5) is 5.69 Å². The Balaban J connectivity index is 1.78. The first-order valence-electron chi connectivity index (χ1n) is 7.73.